The molecule has 0 rings (SSSR count). The number of carboxylic acid groups (broad SMARTS) is 2. The third-order valence-electron chi connectivity index (χ3n) is 5.06. The highest BCUT2D eigenvalue weighted by Gasteiger charge is 2.33. The highest BCUT2D eigenvalue weighted by molar-refractivity contribution is 5.94. The van der Waals surface area contributed by atoms with Gasteiger partial charge in [0.15, 0.2) is 0 Å². The average molecular weight is 474 g/mol. The minimum atomic E-state index is -1.42. The van der Waals surface area contributed by atoms with Gasteiger partial charge in [0.2, 0.25) is 17.7 Å². The van der Waals surface area contributed by atoms with Crippen LogP contribution in [0.25, 0.3) is 0 Å². The minimum Gasteiger partial charge on any atom is -0.481 e. The topological polar surface area (TPSA) is 214 Å². The highest BCUT2D eigenvalue weighted by atomic mass is 16.4. The van der Waals surface area contributed by atoms with Crippen LogP contribution in [0.15, 0.2) is 0 Å². The number of carbonyl (C=O) groups is 5. The van der Waals surface area contributed by atoms with Crippen molar-refractivity contribution in [2.24, 2.45) is 23.3 Å². The van der Waals surface area contributed by atoms with Gasteiger partial charge in [-0.25, -0.2) is 4.79 Å². The highest BCUT2D eigenvalue weighted by Crippen LogP contribution is 2.09. The Hall–Kier alpha value is -2.73. The first-order valence-corrected chi connectivity index (χ1v) is 11.1. The molecule has 0 spiro atoms. The van der Waals surface area contributed by atoms with Crippen LogP contribution >= 0.6 is 0 Å². The fourth-order valence-corrected chi connectivity index (χ4v) is 3.00. The number of nitrogens with one attached hydrogen (secondary N) is 3. The first-order valence-electron chi connectivity index (χ1n) is 11.1. The number of hydrogen-bond donors (Lipinski definition) is 7. The van der Waals surface area contributed by atoms with Crippen molar-refractivity contribution in [2.45, 2.75) is 84.0 Å². The van der Waals surface area contributed by atoms with Crippen LogP contribution in [0, 0.1) is 11.8 Å². The molecule has 0 saturated carbocycles. The van der Waals surface area contributed by atoms with Gasteiger partial charge in [-0.15, -0.1) is 0 Å². The summed E-state index contributed by atoms with van der Waals surface area (Å²) in [5.74, 6) is -5.17. The van der Waals surface area contributed by atoms with E-state index < -0.39 is 66.2 Å². The molecule has 0 aromatic rings. The van der Waals surface area contributed by atoms with E-state index in [-0.39, 0.29) is 12.3 Å². The molecule has 0 aliphatic rings. The fourth-order valence-electron chi connectivity index (χ4n) is 3.00. The molecule has 9 N–H and O–H groups in total. The van der Waals surface area contributed by atoms with E-state index >= 15 is 0 Å². The molecule has 12 heteroatoms. The van der Waals surface area contributed by atoms with E-state index in [2.05, 4.69) is 16.0 Å². The Labute approximate surface area is 194 Å². The van der Waals surface area contributed by atoms with Crippen molar-refractivity contribution >= 4 is 29.7 Å². The van der Waals surface area contributed by atoms with Gasteiger partial charge in [0.05, 0.1) is 6.04 Å². The maximum atomic E-state index is 12.9. The molecule has 33 heavy (non-hydrogen) atoms. The number of carbonyl (C=O) groups excluding carboxylic acids is 3. The zero-order valence-corrected chi connectivity index (χ0v) is 19.8. The van der Waals surface area contributed by atoms with Crippen LogP contribution in [0.1, 0.15) is 59.8 Å². The van der Waals surface area contributed by atoms with E-state index in [4.69, 9.17) is 16.6 Å². The lowest BCUT2D eigenvalue weighted by atomic mass is 9.98. The smallest absolute Gasteiger partial charge is 0.326 e. The Kier molecular flexibility index (Phi) is 13.9. The van der Waals surface area contributed by atoms with E-state index in [0.29, 0.717) is 19.4 Å². The zero-order valence-electron chi connectivity index (χ0n) is 19.8. The Morgan fingerprint density at radius 2 is 1.24 bits per heavy atom. The number of unbranched alkanes of at least 4 members (excludes halogenated alkanes) is 1. The lowest BCUT2D eigenvalue weighted by molar-refractivity contribution is -0.143. The molecule has 0 aliphatic carbocycles. The van der Waals surface area contributed by atoms with Gasteiger partial charge in [0, 0.05) is 6.42 Å². The molecule has 0 aliphatic heterocycles. The van der Waals surface area contributed by atoms with Crippen LogP contribution in [0.4, 0.5) is 0 Å². The van der Waals surface area contributed by atoms with Crippen molar-refractivity contribution in [3.63, 3.8) is 0 Å². The van der Waals surface area contributed by atoms with Crippen LogP contribution in [-0.2, 0) is 24.0 Å². The summed E-state index contributed by atoms with van der Waals surface area (Å²) in [5, 5.41) is 25.5. The number of carboxylic acids is 2. The average Bonchev–Trinajstić information content (AvgIpc) is 2.71. The molecule has 0 bridgehead atoms. The number of nitrogens with two attached hydrogens (primary N) is 2. The Balaban J connectivity index is 5.26. The largest absolute Gasteiger partial charge is 0.481 e. The molecule has 0 aromatic carbocycles. The lowest BCUT2D eigenvalue weighted by Crippen LogP contribution is -2.59. The first-order chi connectivity index (χ1) is 15.3. The van der Waals surface area contributed by atoms with Crippen molar-refractivity contribution in [1.82, 2.24) is 16.0 Å². The van der Waals surface area contributed by atoms with Gasteiger partial charge in [0.1, 0.15) is 18.1 Å². The quantitative estimate of drug-likeness (QED) is 0.139. The number of rotatable bonds is 16. The number of aliphatic carboxylic acids is 2. The first kappa shape index (κ1) is 30.3. The molecule has 0 heterocycles. The third kappa shape index (κ3) is 11.6. The van der Waals surface area contributed by atoms with Gasteiger partial charge in [0.25, 0.3) is 0 Å². The van der Waals surface area contributed by atoms with Crippen molar-refractivity contribution in [3.05, 3.63) is 0 Å². The molecule has 4 unspecified atom stereocenters. The summed E-state index contributed by atoms with van der Waals surface area (Å²) < 4.78 is 0. The normalized spacial score (nSPS) is 14.8. The maximum Gasteiger partial charge on any atom is 0.326 e. The van der Waals surface area contributed by atoms with E-state index in [0.717, 1.165) is 6.42 Å². The van der Waals surface area contributed by atoms with Gasteiger partial charge < -0.3 is 37.6 Å². The summed E-state index contributed by atoms with van der Waals surface area (Å²) in [4.78, 5) is 60.1. The van der Waals surface area contributed by atoms with Crippen LogP contribution in [0.3, 0.4) is 0 Å². The van der Waals surface area contributed by atoms with Gasteiger partial charge in [-0.05, 0) is 37.6 Å². The zero-order chi connectivity index (χ0) is 25.7. The summed E-state index contributed by atoms with van der Waals surface area (Å²) in [6.45, 7) is 7.26. The van der Waals surface area contributed by atoms with E-state index in [9.17, 15) is 29.1 Å². The molecule has 12 nitrogen and oxygen atoms in total. The molecule has 0 fully saturated rings. The second kappa shape index (κ2) is 15.2. The monoisotopic (exact) mass is 473 g/mol. The van der Waals surface area contributed by atoms with E-state index in [1.54, 1.807) is 27.7 Å². The van der Waals surface area contributed by atoms with E-state index in [1.165, 1.54) is 0 Å². The molecule has 4 atom stereocenters. The molecule has 0 radical (unpaired) electrons. The van der Waals surface area contributed by atoms with Crippen LogP contribution in [-0.4, -0.2) is 70.6 Å². The standard InChI is InChI=1S/C21H39N5O7/c1-11(2)16(19(30)24-14(21(32)33)8-9-15(27)28)26-20(31)17(12(3)4)25-18(29)13(23)7-5-6-10-22/h11-14,16-17H,5-10,22-23H2,1-4H3,(H,24,30)(H,25,29)(H,26,31)(H,27,28)(H,32,33). The maximum absolute atomic E-state index is 12.9. The van der Waals surface area contributed by atoms with Crippen LogP contribution in [0.5, 0.6) is 0 Å². The fraction of sp³-hybridized carbons (Fsp3) is 0.762. The minimum absolute atomic E-state index is 0.304. The molecule has 0 aromatic heterocycles. The van der Waals surface area contributed by atoms with Crippen LogP contribution < -0.4 is 27.4 Å². The summed E-state index contributed by atoms with van der Waals surface area (Å²) in [7, 11) is 0. The summed E-state index contributed by atoms with van der Waals surface area (Å²) in [6, 6.07) is -4.28. The molecule has 190 valence electrons. The van der Waals surface area contributed by atoms with Crippen molar-refractivity contribution in [3.8, 4) is 0 Å². The molecular formula is C21H39N5O7. The summed E-state index contributed by atoms with van der Waals surface area (Å²) in [6.07, 6.45) is 1.07. The van der Waals surface area contributed by atoms with Crippen molar-refractivity contribution in [1.29, 1.82) is 0 Å². The lowest BCUT2D eigenvalue weighted by Gasteiger charge is -2.28. The predicted molar refractivity (Wildman–Crippen MR) is 121 cm³/mol. The molecule has 3 amide bonds. The third-order valence-corrected chi connectivity index (χ3v) is 5.06. The van der Waals surface area contributed by atoms with E-state index in [1.807, 2.05) is 0 Å². The Morgan fingerprint density at radius 3 is 1.67 bits per heavy atom. The van der Waals surface area contributed by atoms with Gasteiger partial charge in [-0.2, -0.15) is 0 Å². The summed E-state index contributed by atoms with van der Waals surface area (Å²) >= 11 is 0. The Morgan fingerprint density at radius 1 is 0.758 bits per heavy atom. The predicted octanol–water partition coefficient (Wildman–Crippen LogP) is -0.841. The second-order valence-electron chi connectivity index (χ2n) is 8.68. The van der Waals surface area contributed by atoms with Gasteiger partial charge >= 0.3 is 11.9 Å². The second-order valence-corrected chi connectivity index (χ2v) is 8.68. The van der Waals surface area contributed by atoms with Crippen molar-refractivity contribution < 1.29 is 34.2 Å². The van der Waals surface area contributed by atoms with Crippen LogP contribution in [0.2, 0.25) is 0 Å². The number of amides is 3. The number of hydrogen-bond acceptors (Lipinski definition) is 7. The van der Waals surface area contributed by atoms with Crippen molar-refractivity contribution in [2.75, 3.05) is 6.54 Å². The van der Waals surface area contributed by atoms with Gasteiger partial charge in [-0.1, -0.05) is 34.1 Å². The molecular weight excluding hydrogens is 434 g/mol. The Bertz CT molecular complexity index is 684. The van der Waals surface area contributed by atoms with Gasteiger partial charge in [-0.3, -0.25) is 19.2 Å². The SMILES string of the molecule is CC(C)C(NC(=O)C(N)CCCCN)C(=O)NC(C(=O)NC(CCC(=O)O)C(=O)O)C(C)C. The summed E-state index contributed by atoms with van der Waals surface area (Å²) in [5.41, 5.74) is 11.3. The molecule has 0 saturated heterocycles.